The Balaban J connectivity index is 1.61. The summed E-state index contributed by atoms with van der Waals surface area (Å²) in [4.78, 5) is 25.5. The number of halogens is 1. The van der Waals surface area contributed by atoms with Crippen molar-refractivity contribution in [1.29, 1.82) is 0 Å². The Morgan fingerprint density at radius 3 is 2.56 bits per heavy atom. The molecule has 32 heavy (non-hydrogen) atoms. The lowest BCUT2D eigenvalue weighted by atomic mass is 10.1. The zero-order chi connectivity index (χ0) is 22.8. The lowest BCUT2D eigenvalue weighted by Gasteiger charge is -2.12. The van der Waals surface area contributed by atoms with Crippen LogP contribution in [0.15, 0.2) is 59.4 Å². The molecule has 2 aromatic heterocycles. The maximum absolute atomic E-state index is 13.8. The number of methoxy groups -OCH3 is 1. The second-order valence-electron chi connectivity index (χ2n) is 7.48. The van der Waals surface area contributed by atoms with Gasteiger partial charge in [0.2, 0.25) is 5.91 Å². The molecule has 7 nitrogen and oxygen atoms in total. The number of carbonyl (C=O) groups excluding carboxylic acids is 1. The Morgan fingerprint density at radius 2 is 1.88 bits per heavy atom. The molecular formula is C24H23FN4O3. The van der Waals surface area contributed by atoms with Gasteiger partial charge in [0.05, 0.1) is 18.5 Å². The molecule has 8 heteroatoms. The van der Waals surface area contributed by atoms with Crippen molar-refractivity contribution < 1.29 is 13.9 Å². The van der Waals surface area contributed by atoms with Gasteiger partial charge in [-0.25, -0.2) is 4.39 Å². The third-order valence-corrected chi connectivity index (χ3v) is 5.56. The van der Waals surface area contributed by atoms with Crippen LogP contribution in [0.1, 0.15) is 17.7 Å². The normalized spacial score (nSPS) is 11.0. The molecule has 0 radical (unpaired) electrons. The van der Waals surface area contributed by atoms with E-state index in [-0.39, 0.29) is 30.0 Å². The largest absolute Gasteiger partial charge is 0.497 e. The Hall–Kier alpha value is -3.94. The minimum atomic E-state index is -0.503. The lowest BCUT2D eigenvalue weighted by Crippen LogP contribution is -2.26. The second-order valence-corrected chi connectivity index (χ2v) is 7.48. The van der Waals surface area contributed by atoms with E-state index >= 15 is 0 Å². The summed E-state index contributed by atoms with van der Waals surface area (Å²) in [5.41, 5.74) is 3.27. The molecule has 0 spiro atoms. The van der Waals surface area contributed by atoms with Gasteiger partial charge in [0.25, 0.3) is 5.56 Å². The van der Waals surface area contributed by atoms with Crippen molar-refractivity contribution in [2.24, 2.45) is 7.05 Å². The Kier molecular flexibility index (Phi) is 5.77. The molecular weight excluding hydrogens is 411 g/mol. The molecule has 0 saturated carbocycles. The van der Waals surface area contributed by atoms with Crippen molar-refractivity contribution >= 4 is 17.2 Å². The summed E-state index contributed by atoms with van der Waals surface area (Å²) in [5, 5.41) is 7.05. The molecule has 2 aromatic carbocycles. The van der Waals surface area contributed by atoms with E-state index in [1.165, 1.54) is 16.6 Å². The van der Waals surface area contributed by atoms with Crippen LogP contribution in [0.3, 0.4) is 0 Å². The number of nitrogens with one attached hydrogen (secondary N) is 1. The minimum absolute atomic E-state index is 0.0442. The van der Waals surface area contributed by atoms with Gasteiger partial charge in [0.15, 0.2) is 0 Å². The number of para-hydroxylation sites is 1. The van der Waals surface area contributed by atoms with Gasteiger partial charge in [-0.3, -0.25) is 9.59 Å². The van der Waals surface area contributed by atoms with E-state index in [1.807, 2.05) is 48.9 Å². The summed E-state index contributed by atoms with van der Waals surface area (Å²) < 4.78 is 22.2. The predicted octanol–water partition coefficient (Wildman–Crippen LogP) is 3.73. The fourth-order valence-electron chi connectivity index (χ4n) is 3.62. The first kappa shape index (κ1) is 21.3. The van der Waals surface area contributed by atoms with E-state index in [9.17, 15) is 14.0 Å². The van der Waals surface area contributed by atoms with E-state index in [2.05, 4.69) is 10.4 Å². The Morgan fingerprint density at radius 1 is 1.16 bits per heavy atom. The van der Waals surface area contributed by atoms with Crippen LogP contribution in [0.4, 0.5) is 10.1 Å². The molecule has 0 bridgehead atoms. The van der Waals surface area contributed by atoms with Crippen molar-refractivity contribution in [3.63, 3.8) is 0 Å². The average molecular weight is 434 g/mol. The highest BCUT2D eigenvalue weighted by atomic mass is 19.1. The molecule has 4 aromatic rings. The van der Waals surface area contributed by atoms with Crippen molar-refractivity contribution in [3.05, 3.63) is 82.0 Å². The molecule has 0 aliphatic carbocycles. The Labute approximate surface area is 184 Å². The van der Waals surface area contributed by atoms with Crippen molar-refractivity contribution in [2.75, 3.05) is 12.4 Å². The highest BCUT2D eigenvalue weighted by Gasteiger charge is 2.17. The SMILES string of the molecule is COc1ccc(-c2cc3n(C)c(C)c(CCC(=O)Nc4ccccc4F)c(=O)n3n2)cc1. The number of rotatable bonds is 6. The van der Waals surface area contributed by atoms with Gasteiger partial charge in [0, 0.05) is 36.4 Å². The number of anilines is 1. The monoisotopic (exact) mass is 434 g/mol. The van der Waals surface area contributed by atoms with Gasteiger partial charge in [-0.05, 0) is 49.7 Å². The van der Waals surface area contributed by atoms with Crippen LogP contribution in [0.25, 0.3) is 16.9 Å². The third-order valence-electron chi connectivity index (χ3n) is 5.56. The number of ether oxygens (including phenoxy) is 1. The van der Waals surface area contributed by atoms with E-state index in [4.69, 9.17) is 4.74 Å². The van der Waals surface area contributed by atoms with Gasteiger partial charge in [0.1, 0.15) is 17.2 Å². The summed E-state index contributed by atoms with van der Waals surface area (Å²) in [6, 6.07) is 15.3. The number of amides is 1. The number of nitrogens with zero attached hydrogens (tertiary/aromatic N) is 3. The van der Waals surface area contributed by atoms with Crippen molar-refractivity contribution in [3.8, 4) is 17.0 Å². The zero-order valence-corrected chi connectivity index (χ0v) is 18.1. The lowest BCUT2D eigenvalue weighted by molar-refractivity contribution is -0.116. The van der Waals surface area contributed by atoms with E-state index in [0.29, 0.717) is 16.9 Å². The molecule has 0 fully saturated rings. The summed E-state index contributed by atoms with van der Waals surface area (Å²) in [6.45, 7) is 1.84. The number of benzene rings is 2. The summed E-state index contributed by atoms with van der Waals surface area (Å²) >= 11 is 0. The smallest absolute Gasteiger partial charge is 0.277 e. The Bertz CT molecular complexity index is 1360. The summed E-state index contributed by atoms with van der Waals surface area (Å²) in [6.07, 6.45) is 0.259. The van der Waals surface area contributed by atoms with E-state index in [1.54, 1.807) is 19.2 Å². The molecule has 4 rings (SSSR count). The molecule has 164 valence electrons. The fourth-order valence-corrected chi connectivity index (χ4v) is 3.62. The van der Waals surface area contributed by atoms with Crippen LogP contribution in [0, 0.1) is 12.7 Å². The van der Waals surface area contributed by atoms with Gasteiger partial charge in [-0.1, -0.05) is 12.1 Å². The molecule has 1 N–H and O–H groups in total. The van der Waals surface area contributed by atoms with E-state index in [0.717, 1.165) is 17.0 Å². The molecule has 0 atom stereocenters. The first-order valence-electron chi connectivity index (χ1n) is 10.2. The maximum atomic E-state index is 13.8. The standard InChI is InChI=1S/C24H23FN4O3/c1-15-18(12-13-22(30)26-20-7-5-4-6-19(20)25)24(31)29-23(28(15)2)14-21(27-29)16-8-10-17(32-3)11-9-16/h4-11,14H,12-13H2,1-3H3,(H,26,30). The fraction of sp³-hybridized carbons (Fsp3) is 0.208. The quantitative estimate of drug-likeness (QED) is 0.502. The first-order chi connectivity index (χ1) is 15.4. The van der Waals surface area contributed by atoms with Crippen LogP contribution in [0.2, 0.25) is 0 Å². The van der Waals surface area contributed by atoms with Gasteiger partial charge >= 0.3 is 0 Å². The van der Waals surface area contributed by atoms with Crippen LogP contribution in [-0.4, -0.2) is 27.2 Å². The van der Waals surface area contributed by atoms with Gasteiger partial charge in [-0.2, -0.15) is 9.61 Å². The van der Waals surface area contributed by atoms with Crippen LogP contribution in [-0.2, 0) is 18.3 Å². The predicted molar refractivity (Wildman–Crippen MR) is 121 cm³/mol. The van der Waals surface area contributed by atoms with Crippen LogP contribution >= 0.6 is 0 Å². The highest BCUT2D eigenvalue weighted by molar-refractivity contribution is 5.90. The molecule has 1 amide bonds. The number of fused-ring (bicyclic) bond motifs is 1. The van der Waals surface area contributed by atoms with Crippen molar-refractivity contribution in [1.82, 2.24) is 14.2 Å². The molecule has 0 aliphatic heterocycles. The topological polar surface area (TPSA) is 77.6 Å². The molecule has 0 aliphatic rings. The van der Waals surface area contributed by atoms with E-state index < -0.39 is 5.82 Å². The number of aryl methyl sites for hydroxylation is 1. The minimum Gasteiger partial charge on any atom is -0.497 e. The van der Waals surface area contributed by atoms with Crippen molar-refractivity contribution in [2.45, 2.75) is 19.8 Å². The van der Waals surface area contributed by atoms with Gasteiger partial charge in [-0.15, -0.1) is 0 Å². The first-order valence-corrected chi connectivity index (χ1v) is 10.2. The molecule has 2 heterocycles. The number of aromatic nitrogens is 3. The van der Waals surface area contributed by atoms with Gasteiger partial charge < -0.3 is 14.6 Å². The number of hydrogen-bond donors (Lipinski definition) is 1. The number of carbonyl (C=O) groups is 1. The maximum Gasteiger partial charge on any atom is 0.277 e. The summed E-state index contributed by atoms with van der Waals surface area (Å²) in [7, 11) is 3.46. The zero-order valence-electron chi connectivity index (χ0n) is 18.1. The second kappa shape index (κ2) is 8.66. The number of hydrogen-bond acceptors (Lipinski definition) is 4. The van der Waals surface area contributed by atoms with Crippen LogP contribution < -0.4 is 15.6 Å². The molecule has 0 unspecified atom stereocenters. The molecule has 0 saturated heterocycles. The summed E-state index contributed by atoms with van der Waals surface area (Å²) in [5.74, 6) is -0.132. The van der Waals surface area contributed by atoms with Crippen LogP contribution in [0.5, 0.6) is 5.75 Å². The average Bonchev–Trinajstić information content (AvgIpc) is 3.25. The third kappa shape index (κ3) is 3.99. The highest BCUT2D eigenvalue weighted by Crippen LogP contribution is 2.23.